The third-order valence-electron chi connectivity index (χ3n) is 4.64. The minimum atomic E-state index is -0.316. The van der Waals surface area contributed by atoms with Gasteiger partial charge < -0.3 is 20.3 Å². The number of pyridine rings is 1. The molecule has 3 rings (SSSR count). The maximum Gasteiger partial charge on any atom is 0.319 e. The lowest BCUT2D eigenvalue weighted by Crippen LogP contribution is -2.36. The molecule has 0 aliphatic carbocycles. The van der Waals surface area contributed by atoms with E-state index >= 15 is 0 Å². The summed E-state index contributed by atoms with van der Waals surface area (Å²) in [5, 5.41) is 5.61. The molecule has 2 heterocycles. The van der Waals surface area contributed by atoms with Gasteiger partial charge in [0.15, 0.2) is 0 Å². The molecule has 1 aromatic heterocycles. The zero-order valence-electron chi connectivity index (χ0n) is 16.3. The van der Waals surface area contributed by atoms with Crippen molar-refractivity contribution in [2.75, 3.05) is 25.0 Å². The maximum absolute atomic E-state index is 12.5. The first-order valence-corrected chi connectivity index (χ1v) is 9.54. The van der Waals surface area contributed by atoms with Gasteiger partial charge in [0.05, 0.1) is 12.7 Å². The van der Waals surface area contributed by atoms with E-state index in [4.69, 9.17) is 4.74 Å². The Morgan fingerprint density at radius 2 is 2.04 bits per heavy atom. The number of carbonyl (C=O) groups excluding carboxylic acids is 2. The largest absolute Gasteiger partial charge is 0.487 e. The molecule has 0 saturated carbocycles. The van der Waals surface area contributed by atoms with Crippen molar-refractivity contribution in [3.63, 3.8) is 0 Å². The highest BCUT2D eigenvalue weighted by Crippen LogP contribution is 2.19. The van der Waals surface area contributed by atoms with Crippen LogP contribution in [0, 0.1) is 6.92 Å². The summed E-state index contributed by atoms with van der Waals surface area (Å²) in [4.78, 5) is 30.5. The molecule has 1 aliphatic rings. The summed E-state index contributed by atoms with van der Waals surface area (Å²) in [6.45, 7) is 5.74. The minimum absolute atomic E-state index is 0.0537. The number of likely N-dealkylation sites (tertiary alicyclic amines) is 1. The molecule has 0 unspecified atom stereocenters. The fraction of sp³-hybridized carbons (Fsp3) is 0.381. The molecule has 1 aromatic carbocycles. The average molecular weight is 382 g/mol. The molecule has 0 radical (unpaired) electrons. The van der Waals surface area contributed by atoms with E-state index in [1.807, 2.05) is 30.9 Å². The first-order chi connectivity index (χ1) is 13.5. The molecule has 3 amide bonds. The molecular formula is C21H26N4O3. The van der Waals surface area contributed by atoms with Gasteiger partial charge in [-0.05, 0) is 62.6 Å². The van der Waals surface area contributed by atoms with E-state index in [0.717, 1.165) is 31.5 Å². The molecule has 148 valence electrons. The van der Waals surface area contributed by atoms with Gasteiger partial charge >= 0.3 is 6.03 Å². The summed E-state index contributed by atoms with van der Waals surface area (Å²) in [6, 6.07) is 8.65. The van der Waals surface area contributed by atoms with Crippen molar-refractivity contribution in [2.24, 2.45) is 0 Å². The van der Waals surface area contributed by atoms with E-state index in [9.17, 15) is 9.59 Å². The Labute approximate surface area is 165 Å². The van der Waals surface area contributed by atoms with E-state index in [1.54, 1.807) is 30.6 Å². The summed E-state index contributed by atoms with van der Waals surface area (Å²) in [5.74, 6) is 0.712. The van der Waals surface area contributed by atoms with Crippen molar-refractivity contribution in [3.8, 4) is 5.75 Å². The summed E-state index contributed by atoms with van der Waals surface area (Å²) in [6.07, 6.45) is 5.23. The van der Waals surface area contributed by atoms with Crippen LogP contribution in [0.2, 0.25) is 0 Å². The Morgan fingerprint density at radius 3 is 2.71 bits per heavy atom. The second-order valence-corrected chi connectivity index (χ2v) is 6.98. The van der Waals surface area contributed by atoms with Crippen LogP contribution < -0.4 is 15.4 Å². The average Bonchev–Trinajstić information content (AvgIpc) is 3.23. The lowest BCUT2D eigenvalue weighted by molar-refractivity contribution is 0.0792. The first-order valence-electron chi connectivity index (χ1n) is 9.54. The summed E-state index contributed by atoms with van der Waals surface area (Å²) in [5.41, 5.74) is 2.18. The van der Waals surface area contributed by atoms with E-state index in [0.29, 0.717) is 23.5 Å². The van der Waals surface area contributed by atoms with Gasteiger partial charge in [-0.2, -0.15) is 0 Å². The van der Waals surface area contributed by atoms with Crippen LogP contribution in [0.5, 0.6) is 5.75 Å². The number of hydrogen-bond donors (Lipinski definition) is 2. The van der Waals surface area contributed by atoms with Crippen LogP contribution in [0.4, 0.5) is 10.5 Å². The molecule has 7 heteroatoms. The third-order valence-corrected chi connectivity index (χ3v) is 4.64. The summed E-state index contributed by atoms with van der Waals surface area (Å²) < 4.78 is 5.68. The quantitative estimate of drug-likeness (QED) is 0.804. The van der Waals surface area contributed by atoms with Crippen molar-refractivity contribution in [3.05, 3.63) is 53.9 Å². The molecular weight excluding hydrogens is 356 g/mol. The van der Waals surface area contributed by atoms with E-state index in [2.05, 4.69) is 15.6 Å². The zero-order chi connectivity index (χ0) is 19.9. The predicted molar refractivity (Wildman–Crippen MR) is 108 cm³/mol. The number of urea groups is 1. The van der Waals surface area contributed by atoms with E-state index < -0.39 is 0 Å². The third kappa shape index (κ3) is 5.22. The molecule has 1 atom stereocenters. The highest BCUT2D eigenvalue weighted by molar-refractivity contribution is 5.96. The number of hydrogen-bond acceptors (Lipinski definition) is 4. The standard InChI is InChI=1S/C21H26N4O3/c1-15-12-17(20(26)25-10-3-4-11-25)7-8-19(15)24-21(27)23-13-16(2)28-18-6-5-9-22-14-18/h5-9,12,14,16H,3-4,10-11,13H2,1-2H3,(H2,23,24,27)/t16-/m0/s1. The minimum Gasteiger partial charge on any atom is -0.487 e. The van der Waals surface area contributed by atoms with Gasteiger partial charge in [0, 0.05) is 30.5 Å². The number of benzene rings is 1. The van der Waals surface area contributed by atoms with Gasteiger partial charge in [-0.15, -0.1) is 0 Å². The fourth-order valence-corrected chi connectivity index (χ4v) is 3.13. The smallest absolute Gasteiger partial charge is 0.319 e. The molecule has 7 nitrogen and oxygen atoms in total. The van der Waals surface area contributed by atoms with E-state index in [1.165, 1.54) is 0 Å². The number of aryl methyl sites for hydroxylation is 1. The SMILES string of the molecule is Cc1cc(C(=O)N2CCCC2)ccc1NC(=O)NC[C@H](C)Oc1cccnc1. The molecule has 1 aliphatic heterocycles. The van der Waals surface area contributed by atoms with Crippen molar-refractivity contribution in [1.82, 2.24) is 15.2 Å². The Bertz CT molecular complexity index is 820. The topological polar surface area (TPSA) is 83.6 Å². The Morgan fingerprint density at radius 1 is 1.25 bits per heavy atom. The molecule has 1 saturated heterocycles. The molecule has 2 N–H and O–H groups in total. The molecule has 0 bridgehead atoms. The molecule has 28 heavy (non-hydrogen) atoms. The number of nitrogens with zero attached hydrogens (tertiary/aromatic N) is 2. The predicted octanol–water partition coefficient (Wildman–Crippen LogP) is 3.22. The van der Waals surface area contributed by atoms with Gasteiger partial charge in [0.2, 0.25) is 0 Å². The fourth-order valence-electron chi connectivity index (χ4n) is 3.13. The van der Waals surface area contributed by atoms with Crippen LogP contribution in [-0.4, -0.2) is 47.6 Å². The molecule has 1 fully saturated rings. The number of anilines is 1. The first kappa shape index (κ1) is 19.7. The van der Waals surface area contributed by atoms with Gasteiger partial charge in [0.25, 0.3) is 5.91 Å². The van der Waals surface area contributed by atoms with E-state index in [-0.39, 0.29) is 18.0 Å². The van der Waals surface area contributed by atoms with Crippen LogP contribution in [0.1, 0.15) is 35.7 Å². The van der Waals surface area contributed by atoms with Gasteiger partial charge in [-0.3, -0.25) is 9.78 Å². The highest BCUT2D eigenvalue weighted by atomic mass is 16.5. The highest BCUT2D eigenvalue weighted by Gasteiger charge is 2.20. The number of rotatable bonds is 6. The van der Waals surface area contributed by atoms with Crippen molar-refractivity contribution in [1.29, 1.82) is 0 Å². The van der Waals surface area contributed by atoms with Gasteiger partial charge in [-0.1, -0.05) is 0 Å². The number of carbonyl (C=O) groups is 2. The normalized spacial score (nSPS) is 14.4. The monoisotopic (exact) mass is 382 g/mol. The Balaban J connectivity index is 1.50. The summed E-state index contributed by atoms with van der Waals surface area (Å²) >= 11 is 0. The number of amides is 3. The van der Waals surface area contributed by atoms with Gasteiger partial charge in [0.1, 0.15) is 11.9 Å². The van der Waals surface area contributed by atoms with Gasteiger partial charge in [-0.25, -0.2) is 4.79 Å². The second-order valence-electron chi connectivity index (χ2n) is 6.98. The number of nitrogens with one attached hydrogen (secondary N) is 2. The number of aromatic nitrogens is 1. The summed E-state index contributed by atoms with van der Waals surface area (Å²) in [7, 11) is 0. The maximum atomic E-state index is 12.5. The molecule has 2 aromatic rings. The Kier molecular flexibility index (Phi) is 6.47. The van der Waals surface area contributed by atoms with Crippen LogP contribution >= 0.6 is 0 Å². The van der Waals surface area contributed by atoms with Crippen LogP contribution in [0.25, 0.3) is 0 Å². The van der Waals surface area contributed by atoms with Crippen LogP contribution in [0.15, 0.2) is 42.7 Å². The lowest BCUT2D eigenvalue weighted by Gasteiger charge is -2.17. The van der Waals surface area contributed by atoms with Crippen molar-refractivity contribution < 1.29 is 14.3 Å². The van der Waals surface area contributed by atoms with Crippen LogP contribution in [0.3, 0.4) is 0 Å². The zero-order valence-corrected chi connectivity index (χ0v) is 16.3. The number of ether oxygens (including phenoxy) is 1. The van der Waals surface area contributed by atoms with Crippen molar-refractivity contribution >= 4 is 17.6 Å². The van der Waals surface area contributed by atoms with Crippen LogP contribution in [-0.2, 0) is 0 Å². The Hall–Kier alpha value is -3.09. The second kappa shape index (κ2) is 9.21. The molecule has 0 spiro atoms. The van der Waals surface area contributed by atoms with Crippen molar-refractivity contribution in [2.45, 2.75) is 32.8 Å². The lowest BCUT2D eigenvalue weighted by atomic mass is 10.1.